The van der Waals surface area contributed by atoms with Crippen LogP contribution in [0.2, 0.25) is 0 Å². The van der Waals surface area contributed by atoms with Crippen molar-refractivity contribution in [2.75, 3.05) is 0 Å². The van der Waals surface area contributed by atoms with Crippen LogP contribution in [0.1, 0.15) is 30.1 Å². The van der Waals surface area contributed by atoms with Gasteiger partial charge in [-0.1, -0.05) is 6.92 Å². The summed E-state index contributed by atoms with van der Waals surface area (Å²) in [6.45, 7) is 3.84. The van der Waals surface area contributed by atoms with Gasteiger partial charge in [0.2, 0.25) is 0 Å². The van der Waals surface area contributed by atoms with Crippen LogP contribution in [0.25, 0.3) is 0 Å². The van der Waals surface area contributed by atoms with E-state index < -0.39 is 11.6 Å². The first-order chi connectivity index (χ1) is 9.99. The molecule has 0 aliphatic carbocycles. The second-order valence-corrected chi connectivity index (χ2v) is 5.89. The second kappa shape index (κ2) is 6.95. The van der Waals surface area contributed by atoms with E-state index in [-0.39, 0.29) is 18.4 Å². The highest BCUT2D eigenvalue weighted by Gasteiger charge is 2.14. The van der Waals surface area contributed by atoms with Crippen molar-refractivity contribution in [1.29, 1.82) is 0 Å². The smallest absolute Gasteiger partial charge is 0.191 e. The van der Waals surface area contributed by atoms with Gasteiger partial charge < -0.3 is 10.5 Å². The Hall–Kier alpha value is -1.53. The fraction of sp³-hybridized carbons (Fsp3) is 0.400. The third-order valence-corrected chi connectivity index (χ3v) is 3.92. The highest BCUT2D eigenvalue weighted by atomic mass is 32.1. The Morgan fingerprint density at radius 1 is 1.33 bits per heavy atom. The molecular weight excluding hydrogens is 294 g/mol. The Balaban J connectivity index is 2.09. The molecule has 1 aromatic carbocycles. The Morgan fingerprint density at radius 3 is 2.52 bits per heavy atom. The Labute approximate surface area is 126 Å². The lowest BCUT2D eigenvalue weighted by atomic mass is 10.1. The molecule has 0 aliphatic heterocycles. The molecule has 0 saturated heterocycles. The number of benzene rings is 1. The molecule has 114 valence electrons. The van der Waals surface area contributed by atoms with Gasteiger partial charge in [0.1, 0.15) is 6.61 Å². The largest absolute Gasteiger partial charge is 0.481 e. The summed E-state index contributed by atoms with van der Waals surface area (Å²) in [7, 11) is 0. The van der Waals surface area contributed by atoms with Crippen LogP contribution in [-0.4, -0.2) is 11.0 Å². The highest BCUT2D eigenvalue weighted by Crippen LogP contribution is 2.25. The molecule has 0 amide bonds. The summed E-state index contributed by atoms with van der Waals surface area (Å²) < 4.78 is 33.1. The maximum absolute atomic E-state index is 13.9. The third-order valence-electron chi connectivity index (χ3n) is 2.88. The number of ether oxygens (including phenoxy) is 1. The fourth-order valence-corrected chi connectivity index (χ4v) is 2.69. The molecule has 2 rings (SSSR count). The molecule has 6 heteroatoms. The maximum atomic E-state index is 13.9. The molecule has 1 unspecified atom stereocenters. The summed E-state index contributed by atoms with van der Waals surface area (Å²) in [4.78, 5) is 4.29. The van der Waals surface area contributed by atoms with Gasteiger partial charge in [0, 0.05) is 11.4 Å². The molecule has 21 heavy (non-hydrogen) atoms. The van der Waals surface area contributed by atoms with Crippen molar-refractivity contribution < 1.29 is 13.5 Å². The van der Waals surface area contributed by atoms with Crippen molar-refractivity contribution in [2.24, 2.45) is 5.73 Å². The third kappa shape index (κ3) is 4.22. The van der Waals surface area contributed by atoms with Gasteiger partial charge in [-0.25, -0.2) is 13.8 Å². The first-order valence-electron chi connectivity index (χ1n) is 6.79. The molecule has 0 aliphatic rings. The van der Waals surface area contributed by atoms with Gasteiger partial charge in [-0.2, -0.15) is 0 Å². The molecule has 2 N–H and O–H groups in total. The van der Waals surface area contributed by atoms with E-state index in [9.17, 15) is 8.78 Å². The molecule has 2 aromatic rings. The van der Waals surface area contributed by atoms with Crippen LogP contribution in [0.15, 0.2) is 17.5 Å². The first kappa shape index (κ1) is 15.9. The predicted octanol–water partition coefficient (Wildman–Crippen LogP) is 3.45. The summed E-state index contributed by atoms with van der Waals surface area (Å²) in [5, 5.41) is 2.81. The van der Waals surface area contributed by atoms with Crippen LogP contribution in [-0.2, 0) is 19.4 Å². The van der Waals surface area contributed by atoms with E-state index in [1.54, 1.807) is 6.92 Å². The SMILES string of the molecule is CCc1nc(COc2c(F)cc(CC(C)N)cc2F)cs1. The van der Waals surface area contributed by atoms with Crippen LogP contribution < -0.4 is 10.5 Å². The second-order valence-electron chi connectivity index (χ2n) is 4.94. The Bertz CT molecular complexity index is 590. The van der Waals surface area contributed by atoms with E-state index in [1.807, 2.05) is 12.3 Å². The summed E-state index contributed by atoms with van der Waals surface area (Å²) >= 11 is 1.51. The van der Waals surface area contributed by atoms with E-state index in [4.69, 9.17) is 10.5 Å². The van der Waals surface area contributed by atoms with Gasteiger partial charge in [-0.05, 0) is 37.5 Å². The number of aromatic nitrogens is 1. The van der Waals surface area contributed by atoms with Crippen molar-refractivity contribution in [1.82, 2.24) is 4.98 Å². The van der Waals surface area contributed by atoms with Crippen molar-refractivity contribution in [3.05, 3.63) is 45.4 Å². The number of halogens is 2. The number of nitrogens with two attached hydrogens (primary N) is 1. The zero-order valence-corrected chi connectivity index (χ0v) is 12.8. The summed E-state index contributed by atoms with van der Waals surface area (Å²) in [5.41, 5.74) is 6.83. The minimum absolute atomic E-state index is 0.0526. The zero-order chi connectivity index (χ0) is 15.4. The number of rotatable bonds is 6. The molecule has 1 heterocycles. The molecule has 0 radical (unpaired) electrons. The lowest BCUT2D eigenvalue weighted by Gasteiger charge is -2.10. The van der Waals surface area contributed by atoms with Gasteiger partial charge >= 0.3 is 0 Å². The van der Waals surface area contributed by atoms with Gasteiger partial charge in [-0.15, -0.1) is 11.3 Å². The first-order valence-corrected chi connectivity index (χ1v) is 7.67. The maximum Gasteiger partial charge on any atom is 0.191 e. The van der Waals surface area contributed by atoms with Crippen LogP contribution in [0.3, 0.4) is 0 Å². The monoisotopic (exact) mass is 312 g/mol. The average molecular weight is 312 g/mol. The Morgan fingerprint density at radius 2 is 2.00 bits per heavy atom. The van der Waals surface area contributed by atoms with Crippen molar-refractivity contribution in [2.45, 2.75) is 39.3 Å². The quantitative estimate of drug-likeness (QED) is 0.888. The zero-order valence-electron chi connectivity index (χ0n) is 12.0. The Kier molecular flexibility index (Phi) is 5.25. The average Bonchev–Trinajstić information content (AvgIpc) is 2.85. The van der Waals surface area contributed by atoms with Crippen LogP contribution in [0.5, 0.6) is 5.75 Å². The molecule has 0 fully saturated rings. The summed E-state index contributed by atoms with van der Waals surface area (Å²) in [6, 6.07) is 2.37. The lowest BCUT2D eigenvalue weighted by Crippen LogP contribution is -2.18. The van der Waals surface area contributed by atoms with Crippen molar-refractivity contribution in [3.8, 4) is 5.75 Å². The van der Waals surface area contributed by atoms with E-state index in [0.29, 0.717) is 17.7 Å². The van der Waals surface area contributed by atoms with Gasteiger partial charge in [-0.3, -0.25) is 0 Å². The van der Waals surface area contributed by atoms with Crippen LogP contribution >= 0.6 is 11.3 Å². The number of aryl methyl sites for hydroxylation is 1. The minimum atomic E-state index is -0.711. The normalized spacial score (nSPS) is 12.4. The van der Waals surface area contributed by atoms with E-state index >= 15 is 0 Å². The molecule has 0 saturated carbocycles. The fourth-order valence-electron chi connectivity index (χ4n) is 1.96. The molecule has 1 atom stereocenters. The predicted molar refractivity (Wildman–Crippen MR) is 79.5 cm³/mol. The number of thiazole rings is 1. The summed E-state index contributed by atoms with van der Waals surface area (Å²) in [6.07, 6.45) is 1.25. The highest BCUT2D eigenvalue weighted by molar-refractivity contribution is 7.09. The van der Waals surface area contributed by atoms with E-state index in [2.05, 4.69) is 4.98 Å². The van der Waals surface area contributed by atoms with Crippen LogP contribution in [0, 0.1) is 11.6 Å². The topological polar surface area (TPSA) is 48.1 Å². The lowest BCUT2D eigenvalue weighted by molar-refractivity contribution is 0.270. The van der Waals surface area contributed by atoms with E-state index in [0.717, 1.165) is 11.4 Å². The molecule has 1 aromatic heterocycles. The van der Waals surface area contributed by atoms with Crippen LogP contribution in [0.4, 0.5) is 8.78 Å². The molecule has 3 nitrogen and oxygen atoms in total. The van der Waals surface area contributed by atoms with Gasteiger partial charge in [0.05, 0.1) is 10.7 Å². The standard InChI is InChI=1S/C15H18F2N2OS/c1-3-14-19-11(8-21-14)7-20-15-12(16)5-10(4-9(2)18)6-13(15)17/h5-6,8-9H,3-4,7,18H2,1-2H3. The number of hydrogen-bond acceptors (Lipinski definition) is 4. The number of hydrogen-bond donors (Lipinski definition) is 1. The van der Waals surface area contributed by atoms with Gasteiger partial charge in [0.25, 0.3) is 0 Å². The van der Waals surface area contributed by atoms with Crippen molar-refractivity contribution in [3.63, 3.8) is 0 Å². The molecule has 0 bridgehead atoms. The van der Waals surface area contributed by atoms with E-state index in [1.165, 1.54) is 23.5 Å². The van der Waals surface area contributed by atoms with Crippen molar-refractivity contribution >= 4 is 11.3 Å². The minimum Gasteiger partial charge on any atom is -0.481 e. The number of nitrogens with zero attached hydrogens (tertiary/aromatic N) is 1. The van der Waals surface area contributed by atoms with Gasteiger partial charge in [0.15, 0.2) is 17.4 Å². The molecular formula is C15H18F2N2OS. The summed E-state index contributed by atoms with van der Waals surface area (Å²) in [5.74, 6) is -1.79. The molecule has 0 spiro atoms.